The van der Waals surface area contributed by atoms with Gasteiger partial charge in [-0.15, -0.1) is 0 Å². The van der Waals surface area contributed by atoms with Crippen molar-refractivity contribution in [2.24, 2.45) is 0 Å². The van der Waals surface area contributed by atoms with E-state index in [1.807, 2.05) is 18.2 Å². The van der Waals surface area contributed by atoms with Gasteiger partial charge in [0, 0.05) is 12.1 Å². The van der Waals surface area contributed by atoms with Crippen LogP contribution in [0.2, 0.25) is 0 Å². The molecule has 0 aromatic heterocycles. The number of hydrogen-bond donors (Lipinski definition) is 0. The van der Waals surface area contributed by atoms with E-state index in [2.05, 4.69) is 4.98 Å². The summed E-state index contributed by atoms with van der Waals surface area (Å²) in [6, 6.07) is 8.94. The number of nitrogens with zero attached hydrogens (tertiary/aromatic N) is 2. The molecule has 2 nitrogen and oxygen atoms in total. The maximum absolute atomic E-state index is 9.67. The molecule has 0 heterocycles. The zero-order valence-electron chi connectivity index (χ0n) is 5.99. The van der Waals surface area contributed by atoms with E-state index in [1.165, 1.54) is 0 Å². The lowest BCUT2D eigenvalue weighted by molar-refractivity contribution is 0.535. The van der Waals surface area contributed by atoms with Gasteiger partial charge in [0.1, 0.15) is 0 Å². The molecule has 0 fully saturated rings. The van der Waals surface area contributed by atoms with E-state index in [4.69, 9.17) is 5.39 Å². The van der Waals surface area contributed by atoms with Crippen LogP contribution in [0.1, 0.15) is 0 Å². The van der Waals surface area contributed by atoms with Crippen molar-refractivity contribution in [3.63, 3.8) is 0 Å². The Hall–Kier alpha value is -1.51. The number of benzene rings is 1. The largest absolute Gasteiger partial charge is 0.762 e. The Kier molecular flexibility index (Phi) is 5.44. The summed E-state index contributed by atoms with van der Waals surface area (Å²) in [6.45, 7) is 0. The fraction of sp³-hybridized carbons (Fsp3) is 0. The minimum absolute atomic E-state index is 0.590. The van der Waals surface area contributed by atoms with Crippen LogP contribution in [0.15, 0.2) is 30.3 Å². The molecule has 1 aromatic carbocycles. The normalized spacial score (nSPS) is 7.50. The zero-order valence-corrected chi connectivity index (χ0v) is 5.99. The third-order valence-electron chi connectivity index (χ3n) is 0.872. The summed E-state index contributed by atoms with van der Waals surface area (Å²) in [5.41, 5.74) is 0.590. The lowest BCUT2D eigenvalue weighted by atomic mass is 10.3. The third-order valence-corrected chi connectivity index (χ3v) is 0.872. The average molecular weight is 173 g/mol. The second-order valence-electron chi connectivity index (χ2n) is 1.68. The van der Waals surface area contributed by atoms with Crippen LogP contribution >= 0.6 is 0 Å². The summed E-state index contributed by atoms with van der Waals surface area (Å²) < 4.78 is 29.0. The molecule has 0 spiro atoms. The summed E-state index contributed by atoms with van der Waals surface area (Å²) >= 11 is 0. The molecule has 0 bridgehead atoms. The molecule has 0 saturated heterocycles. The molecule has 0 unspecified atom stereocenters. The number of halogens is 3. The summed E-state index contributed by atoms with van der Waals surface area (Å²) in [4.78, 5) is 2.97. The molecule has 12 heavy (non-hydrogen) atoms. The molecule has 0 atom stereocenters. The summed E-state index contributed by atoms with van der Waals surface area (Å²) in [5.74, 6) is 0. The Morgan fingerprint density at radius 1 is 1.08 bits per heavy atom. The van der Waals surface area contributed by atoms with Gasteiger partial charge in [0.25, 0.3) is 0 Å². The first-order valence-electron chi connectivity index (χ1n) is 2.99. The lowest BCUT2D eigenvalue weighted by Gasteiger charge is -1.69. The molecule has 0 aliphatic heterocycles. The fourth-order valence-corrected chi connectivity index (χ4v) is 0.495. The average Bonchev–Trinajstić information content (AvgIpc) is 2.05. The van der Waals surface area contributed by atoms with Crippen molar-refractivity contribution >= 4 is 13.2 Å². The zero-order chi connectivity index (χ0) is 9.40. The van der Waals surface area contributed by atoms with E-state index >= 15 is 0 Å². The molecule has 0 aliphatic carbocycles. The van der Waals surface area contributed by atoms with Gasteiger partial charge < -0.3 is 0 Å². The first-order valence-corrected chi connectivity index (χ1v) is 2.99. The highest BCUT2D eigenvalue weighted by Crippen LogP contribution is 2.07. The van der Waals surface area contributed by atoms with Gasteiger partial charge in [-0.05, 0) is 0 Å². The molecule has 1 aromatic rings. The van der Waals surface area contributed by atoms with Crippen LogP contribution in [0.25, 0.3) is 4.98 Å². The van der Waals surface area contributed by atoms with E-state index in [0.29, 0.717) is 5.69 Å². The quantitative estimate of drug-likeness (QED) is 0.437. The molecular formula is C6H5BF3N2+. The SMILES string of the molecule is FB(F)F.N#[N+]c1ccccc1. The Balaban J connectivity index is 0.000000261. The lowest BCUT2D eigenvalue weighted by Crippen LogP contribution is -1.76. The monoisotopic (exact) mass is 173 g/mol. The van der Waals surface area contributed by atoms with Crippen molar-refractivity contribution in [1.29, 1.82) is 5.39 Å². The summed E-state index contributed by atoms with van der Waals surface area (Å²) in [7, 11) is -3.67. The summed E-state index contributed by atoms with van der Waals surface area (Å²) in [5, 5.41) is 8.16. The van der Waals surface area contributed by atoms with Crippen LogP contribution in [0.3, 0.4) is 0 Å². The molecule has 0 N–H and O–H groups in total. The van der Waals surface area contributed by atoms with E-state index in [-0.39, 0.29) is 0 Å². The van der Waals surface area contributed by atoms with Gasteiger partial charge in [-0.25, -0.2) is 0 Å². The minimum Gasteiger partial charge on any atom is -0.254 e. The van der Waals surface area contributed by atoms with Gasteiger partial charge in [-0.1, -0.05) is 18.2 Å². The van der Waals surface area contributed by atoms with Crippen LogP contribution in [0.5, 0.6) is 0 Å². The van der Waals surface area contributed by atoms with E-state index in [9.17, 15) is 12.9 Å². The number of diazo groups is 1. The second-order valence-corrected chi connectivity index (χ2v) is 1.68. The highest BCUT2D eigenvalue weighted by Gasteiger charge is 2.06. The Morgan fingerprint density at radius 3 is 1.75 bits per heavy atom. The topological polar surface area (TPSA) is 28.1 Å². The highest BCUT2D eigenvalue weighted by atomic mass is 19.4. The van der Waals surface area contributed by atoms with Crippen LogP contribution in [0.4, 0.5) is 18.6 Å². The molecule has 0 radical (unpaired) electrons. The van der Waals surface area contributed by atoms with Crippen molar-refractivity contribution in [1.82, 2.24) is 0 Å². The Bertz CT molecular complexity index is 244. The third kappa shape index (κ3) is 6.61. The number of rotatable bonds is 0. The first kappa shape index (κ1) is 10.5. The summed E-state index contributed by atoms with van der Waals surface area (Å²) in [6.07, 6.45) is 0. The van der Waals surface area contributed by atoms with Crippen molar-refractivity contribution in [2.45, 2.75) is 0 Å². The molecule has 0 aliphatic rings. The molecule has 6 heteroatoms. The molecular weight excluding hydrogens is 168 g/mol. The molecule has 62 valence electrons. The predicted octanol–water partition coefficient (Wildman–Crippen LogP) is 3.05. The van der Waals surface area contributed by atoms with Gasteiger partial charge in [0.05, 0.1) is 0 Å². The maximum Gasteiger partial charge on any atom is 0.762 e. The number of hydrogen-bond acceptors (Lipinski definition) is 1. The van der Waals surface area contributed by atoms with Crippen molar-refractivity contribution < 1.29 is 12.9 Å². The van der Waals surface area contributed by atoms with Crippen molar-refractivity contribution in [3.05, 3.63) is 35.3 Å². The van der Waals surface area contributed by atoms with E-state index in [0.717, 1.165) is 0 Å². The van der Waals surface area contributed by atoms with Gasteiger partial charge in [-0.3, -0.25) is 12.9 Å². The molecule has 0 amide bonds. The Labute approximate surface area is 67.9 Å². The smallest absolute Gasteiger partial charge is 0.254 e. The second kappa shape index (κ2) is 6.22. The van der Waals surface area contributed by atoms with Crippen LogP contribution in [-0.4, -0.2) is 7.54 Å². The van der Waals surface area contributed by atoms with Gasteiger partial charge in [0.15, 0.2) is 4.98 Å². The minimum atomic E-state index is -3.67. The van der Waals surface area contributed by atoms with Crippen LogP contribution in [-0.2, 0) is 0 Å². The fourth-order valence-electron chi connectivity index (χ4n) is 0.495. The molecule has 1 rings (SSSR count). The maximum atomic E-state index is 9.67. The standard InChI is InChI=1S/C6H5N2.BF3/c7-8-6-4-2-1-3-5-6;2-1(3)4/h1-5H;/q+1;. The highest BCUT2D eigenvalue weighted by molar-refractivity contribution is 6.33. The van der Waals surface area contributed by atoms with Crippen molar-refractivity contribution in [3.8, 4) is 0 Å². The van der Waals surface area contributed by atoms with Crippen LogP contribution < -0.4 is 0 Å². The van der Waals surface area contributed by atoms with Gasteiger partial charge >= 0.3 is 13.2 Å². The Morgan fingerprint density at radius 2 is 1.50 bits per heavy atom. The van der Waals surface area contributed by atoms with E-state index < -0.39 is 7.54 Å². The molecule has 0 saturated carbocycles. The first-order chi connectivity index (χ1) is 5.66. The van der Waals surface area contributed by atoms with Gasteiger partial charge in [-0.2, -0.15) is 0 Å². The van der Waals surface area contributed by atoms with Gasteiger partial charge in [0.2, 0.25) is 5.39 Å². The predicted molar refractivity (Wildman–Crippen MR) is 40.3 cm³/mol. The van der Waals surface area contributed by atoms with Crippen molar-refractivity contribution in [2.75, 3.05) is 0 Å². The van der Waals surface area contributed by atoms with Crippen LogP contribution in [0, 0.1) is 5.39 Å². The van der Waals surface area contributed by atoms with E-state index in [1.54, 1.807) is 12.1 Å².